The second kappa shape index (κ2) is 14.5. The first-order valence-electron chi connectivity index (χ1n) is 17.4. The van der Waals surface area contributed by atoms with E-state index in [4.69, 9.17) is 16.4 Å². The zero-order chi connectivity index (χ0) is 36.5. The van der Waals surface area contributed by atoms with Gasteiger partial charge < -0.3 is 30.3 Å². The maximum atomic E-state index is 14.6. The Labute approximate surface area is 301 Å². The number of ketones is 1. The minimum atomic E-state index is -1.08. The van der Waals surface area contributed by atoms with E-state index in [1.807, 2.05) is 45.9 Å². The van der Waals surface area contributed by atoms with Gasteiger partial charge in [-0.15, -0.1) is 0 Å². The molecule has 2 fully saturated rings. The van der Waals surface area contributed by atoms with Crippen LogP contribution in [-0.2, 0) is 35.4 Å². The van der Waals surface area contributed by atoms with Crippen LogP contribution in [0.5, 0.6) is 0 Å². The molecule has 1 saturated heterocycles. The number of likely N-dealkylation sites (tertiary alicyclic amines) is 1. The summed E-state index contributed by atoms with van der Waals surface area (Å²) in [6, 6.07) is 9.46. The highest BCUT2D eigenvalue weighted by Crippen LogP contribution is 2.40. The number of hydrogen-bond acceptors (Lipinski definition) is 8. The van der Waals surface area contributed by atoms with Crippen LogP contribution < -0.4 is 16.0 Å². The van der Waals surface area contributed by atoms with E-state index in [-0.39, 0.29) is 32.0 Å². The molecule has 3 aliphatic rings. The highest BCUT2D eigenvalue weighted by atomic mass is 35.5. The lowest BCUT2D eigenvalue weighted by Crippen LogP contribution is -2.59. The number of oxime groups is 1. The first kappa shape index (κ1) is 36.0. The van der Waals surface area contributed by atoms with E-state index in [9.17, 15) is 24.0 Å². The fraction of sp³-hybridized carbons (Fsp3) is 0.486. The highest BCUT2D eigenvalue weighted by Gasteiger charge is 2.55. The number of rotatable bonds is 12. The van der Waals surface area contributed by atoms with E-state index in [1.54, 1.807) is 41.2 Å². The van der Waals surface area contributed by atoms with Crippen molar-refractivity contribution in [2.24, 2.45) is 10.6 Å². The summed E-state index contributed by atoms with van der Waals surface area (Å²) in [4.78, 5) is 80.1. The molecule has 4 amide bonds. The van der Waals surface area contributed by atoms with Gasteiger partial charge in [-0.05, 0) is 55.0 Å². The molecule has 2 aromatic heterocycles. The smallest absolute Gasteiger partial charge is 0.289 e. The average Bonchev–Trinajstić information content (AvgIpc) is 3.49. The molecule has 4 heterocycles. The van der Waals surface area contributed by atoms with Crippen molar-refractivity contribution in [1.82, 2.24) is 30.4 Å². The Morgan fingerprint density at radius 1 is 1.08 bits per heavy atom. The van der Waals surface area contributed by atoms with Gasteiger partial charge in [0, 0.05) is 41.9 Å². The first-order valence-corrected chi connectivity index (χ1v) is 17.8. The van der Waals surface area contributed by atoms with Crippen LogP contribution in [-0.4, -0.2) is 85.9 Å². The third kappa shape index (κ3) is 8.08. The lowest BCUT2D eigenvalue weighted by molar-refractivity contribution is -0.145. The molecule has 14 heteroatoms. The zero-order valence-corrected chi connectivity index (χ0v) is 30.0. The number of carbonyl (C=O) groups is 5. The number of nitrogens with one attached hydrogen (secondary N) is 3. The molecule has 270 valence electrons. The molecule has 2 aliphatic heterocycles. The standard InChI is InChI=1S/C37H44ClN7O6/c1-5-8-26(31(47)34(49)40-24-12-13-24)41-33(48)29-19-37(18-27(43-51-37)22-9-6-10-23(38)17-22)21-45(29)35(50)32(36(2,3)4)42-30(46)20-44-16-14-25-28(44)11-7-15-39-25/h6-7,9-11,14-17,24,26,29,32H,5,8,12-13,18-21H2,1-4H3,(H,40,49)(H,41,48)(H,42,46)/t26-,29-,32+,37+/m0/s1. The van der Waals surface area contributed by atoms with Gasteiger partial charge in [0.15, 0.2) is 5.60 Å². The van der Waals surface area contributed by atoms with Crippen LogP contribution in [0.2, 0.25) is 5.02 Å². The van der Waals surface area contributed by atoms with Gasteiger partial charge in [-0.25, -0.2) is 0 Å². The average molecular weight is 718 g/mol. The summed E-state index contributed by atoms with van der Waals surface area (Å²) in [6.07, 6.45) is 6.23. The normalized spacial score (nSPS) is 21.2. The van der Waals surface area contributed by atoms with E-state index in [0.29, 0.717) is 23.6 Å². The van der Waals surface area contributed by atoms with Gasteiger partial charge in [-0.2, -0.15) is 0 Å². The molecule has 3 N–H and O–H groups in total. The molecule has 6 rings (SSSR count). The SMILES string of the molecule is CCC[C@H](NC(=O)[C@@H]1C[C@]2(CC(c3cccc(Cl)c3)=NO2)CN1C(=O)[C@@H](NC(=O)Cn1ccc2ncccc21)C(C)(C)C)C(=O)C(=O)NC1CC1. The molecule has 0 radical (unpaired) electrons. The van der Waals surface area contributed by atoms with Crippen LogP contribution in [0.25, 0.3) is 11.0 Å². The van der Waals surface area contributed by atoms with E-state index < -0.39 is 58.6 Å². The first-order chi connectivity index (χ1) is 24.3. The van der Waals surface area contributed by atoms with Gasteiger partial charge in [-0.3, -0.25) is 29.0 Å². The Morgan fingerprint density at radius 2 is 1.86 bits per heavy atom. The molecule has 13 nitrogen and oxygen atoms in total. The minimum Gasteiger partial charge on any atom is -0.387 e. The number of carbonyl (C=O) groups excluding carboxylic acids is 5. The molecule has 3 aromatic rings. The Morgan fingerprint density at radius 3 is 2.57 bits per heavy atom. The quantitative estimate of drug-likeness (QED) is 0.241. The predicted octanol–water partition coefficient (Wildman–Crippen LogP) is 3.52. The van der Waals surface area contributed by atoms with Crippen molar-refractivity contribution in [3.8, 4) is 0 Å². The van der Waals surface area contributed by atoms with Crippen LogP contribution >= 0.6 is 11.6 Å². The number of halogens is 1. The summed E-state index contributed by atoms with van der Waals surface area (Å²) >= 11 is 6.25. The van der Waals surface area contributed by atoms with Crippen molar-refractivity contribution in [3.05, 3.63) is 65.4 Å². The van der Waals surface area contributed by atoms with Crippen molar-refractivity contribution < 1.29 is 28.8 Å². The summed E-state index contributed by atoms with van der Waals surface area (Å²) in [5.41, 5.74) is 1.09. The molecule has 0 bridgehead atoms. The second-order valence-electron chi connectivity index (χ2n) is 14.9. The fourth-order valence-electron chi connectivity index (χ4n) is 6.75. The highest BCUT2D eigenvalue weighted by molar-refractivity contribution is 6.38. The predicted molar refractivity (Wildman–Crippen MR) is 191 cm³/mol. The van der Waals surface area contributed by atoms with Gasteiger partial charge in [-0.1, -0.05) is 63.0 Å². The van der Waals surface area contributed by atoms with E-state index >= 15 is 0 Å². The zero-order valence-electron chi connectivity index (χ0n) is 29.3. The monoisotopic (exact) mass is 717 g/mol. The van der Waals surface area contributed by atoms with Crippen molar-refractivity contribution in [1.29, 1.82) is 0 Å². The molecule has 1 spiro atoms. The number of Topliss-reactive ketones (excluding diaryl/α,β-unsaturated/α-hetero) is 1. The molecule has 1 aromatic carbocycles. The van der Waals surface area contributed by atoms with Crippen LogP contribution in [0.1, 0.15) is 71.8 Å². The number of nitrogens with zero attached hydrogens (tertiary/aromatic N) is 4. The topological polar surface area (TPSA) is 164 Å². The lowest BCUT2D eigenvalue weighted by atomic mass is 9.85. The third-order valence-corrected chi connectivity index (χ3v) is 9.83. The largest absolute Gasteiger partial charge is 0.387 e. The lowest BCUT2D eigenvalue weighted by Gasteiger charge is -2.35. The third-order valence-electron chi connectivity index (χ3n) is 9.60. The van der Waals surface area contributed by atoms with E-state index in [2.05, 4.69) is 26.1 Å². The molecule has 0 unspecified atom stereocenters. The van der Waals surface area contributed by atoms with Crippen LogP contribution in [0.3, 0.4) is 0 Å². The number of aromatic nitrogens is 2. The maximum Gasteiger partial charge on any atom is 0.289 e. The van der Waals surface area contributed by atoms with Crippen LogP contribution in [0, 0.1) is 5.41 Å². The van der Waals surface area contributed by atoms with Gasteiger partial charge in [0.2, 0.25) is 23.5 Å². The Bertz CT molecular complexity index is 1880. The maximum absolute atomic E-state index is 14.6. The van der Waals surface area contributed by atoms with Crippen molar-refractivity contribution in [2.75, 3.05) is 6.54 Å². The molecular weight excluding hydrogens is 674 g/mol. The van der Waals surface area contributed by atoms with E-state index in [1.165, 1.54) is 4.90 Å². The number of fused-ring (bicyclic) bond motifs is 1. The summed E-state index contributed by atoms with van der Waals surface area (Å²) in [7, 11) is 0. The number of pyridine rings is 1. The van der Waals surface area contributed by atoms with Gasteiger partial charge in [0.1, 0.15) is 18.6 Å². The van der Waals surface area contributed by atoms with Gasteiger partial charge in [0.05, 0.1) is 29.3 Å². The molecule has 51 heavy (non-hydrogen) atoms. The molecule has 1 aliphatic carbocycles. The number of hydrogen-bond donors (Lipinski definition) is 3. The fourth-order valence-corrected chi connectivity index (χ4v) is 6.95. The summed E-state index contributed by atoms with van der Waals surface area (Å²) in [5, 5.41) is 13.3. The van der Waals surface area contributed by atoms with Crippen molar-refractivity contribution >= 4 is 57.8 Å². The number of benzene rings is 1. The van der Waals surface area contributed by atoms with Crippen molar-refractivity contribution in [3.63, 3.8) is 0 Å². The number of amides is 4. The molecule has 1 saturated carbocycles. The summed E-state index contributed by atoms with van der Waals surface area (Å²) in [6.45, 7) is 7.33. The second-order valence-corrected chi connectivity index (χ2v) is 15.3. The van der Waals surface area contributed by atoms with Crippen molar-refractivity contribution in [2.45, 2.75) is 103 Å². The minimum absolute atomic E-state index is 0.00238. The molecule has 4 atom stereocenters. The summed E-state index contributed by atoms with van der Waals surface area (Å²) < 4.78 is 1.76. The summed E-state index contributed by atoms with van der Waals surface area (Å²) in [5.74, 6) is -2.90. The molecular formula is C37H44ClN7O6. The Balaban J connectivity index is 1.25. The van der Waals surface area contributed by atoms with Gasteiger partial charge >= 0.3 is 0 Å². The van der Waals surface area contributed by atoms with Crippen LogP contribution in [0.15, 0.2) is 60.0 Å². The Kier molecular flexibility index (Phi) is 10.2. The van der Waals surface area contributed by atoms with E-state index in [0.717, 1.165) is 29.4 Å². The van der Waals surface area contributed by atoms with Gasteiger partial charge in [0.25, 0.3) is 5.91 Å². The Hall–Kier alpha value is -4.78. The van der Waals surface area contributed by atoms with Crippen LogP contribution in [0.4, 0.5) is 0 Å².